The van der Waals surface area contributed by atoms with E-state index in [2.05, 4.69) is 6.92 Å². The highest BCUT2D eigenvalue weighted by Gasteiger charge is 2.32. The lowest BCUT2D eigenvalue weighted by Crippen LogP contribution is -2.35. The monoisotopic (exact) mass is 228 g/mol. The Labute approximate surface area is 97.8 Å². The van der Waals surface area contributed by atoms with Crippen LogP contribution in [0.15, 0.2) is 0 Å². The number of aliphatic hydroxyl groups is 1. The Morgan fingerprint density at radius 1 is 1.44 bits per heavy atom. The van der Waals surface area contributed by atoms with Crippen LogP contribution in [0.25, 0.3) is 0 Å². The lowest BCUT2D eigenvalue weighted by molar-refractivity contribution is -0.132. The van der Waals surface area contributed by atoms with Crippen molar-refractivity contribution in [3.63, 3.8) is 0 Å². The molecule has 1 aliphatic rings. The Bertz CT molecular complexity index is 221. The van der Waals surface area contributed by atoms with E-state index in [1.54, 1.807) is 0 Å². The summed E-state index contributed by atoms with van der Waals surface area (Å²) >= 11 is 0. The predicted octanol–water partition coefficient (Wildman–Crippen LogP) is 0.877. The summed E-state index contributed by atoms with van der Waals surface area (Å²) in [7, 11) is 0. The summed E-state index contributed by atoms with van der Waals surface area (Å²) in [4.78, 5) is 13.8. The Kier molecular flexibility index (Phi) is 5.77. The number of unbranched alkanes of at least 4 members (excludes halogenated alkanes) is 2. The van der Waals surface area contributed by atoms with Crippen LogP contribution >= 0.6 is 0 Å². The van der Waals surface area contributed by atoms with Crippen LogP contribution in [-0.2, 0) is 4.79 Å². The van der Waals surface area contributed by atoms with Crippen LogP contribution in [0.4, 0.5) is 0 Å². The fraction of sp³-hybridized carbons (Fsp3) is 0.917. The van der Waals surface area contributed by atoms with E-state index in [0.717, 1.165) is 32.1 Å². The Balaban J connectivity index is 2.29. The van der Waals surface area contributed by atoms with E-state index in [9.17, 15) is 9.90 Å². The molecule has 0 aliphatic carbocycles. The molecule has 1 rings (SSSR count). The van der Waals surface area contributed by atoms with E-state index in [1.807, 2.05) is 4.90 Å². The summed E-state index contributed by atoms with van der Waals surface area (Å²) in [5, 5.41) is 9.55. The number of rotatable bonds is 6. The highest BCUT2D eigenvalue weighted by atomic mass is 16.3. The Morgan fingerprint density at radius 2 is 2.19 bits per heavy atom. The summed E-state index contributed by atoms with van der Waals surface area (Å²) < 4.78 is 0. The van der Waals surface area contributed by atoms with Gasteiger partial charge in [0.1, 0.15) is 0 Å². The molecule has 0 spiro atoms. The van der Waals surface area contributed by atoms with E-state index >= 15 is 0 Å². The molecule has 1 amide bonds. The van der Waals surface area contributed by atoms with Gasteiger partial charge >= 0.3 is 0 Å². The van der Waals surface area contributed by atoms with Crippen LogP contribution in [-0.4, -0.2) is 41.1 Å². The molecule has 0 bridgehead atoms. The zero-order valence-corrected chi connectivity index (χ0v) is 10.2. The summed E-state index contributed by atoms with van der Waals surface area (Å²) in [5.74, 6) is 0.195. The van der Waals surface area contributed by atoms with Gasteiger partial charge in [-0.25, -0.2) is 0 Å². The van der Waals surface area contributed by atoms with Crippen LogP contribution in [0, 0.1) is 0 Å². The smallest absolute Gasteiger partial charge is 0.222 e. The van der Waals surface area contributed by atoms with Crippen molar-refractivity contribution in [1.29, 1.82) is 0 Å². The third-order valence-electron chi connectivity index (χ3n) is 3.28. The number of carbonyl (C=O) groups is 1. The highest BCUT2D eigenvalue weighted by molar-refractivity contribution is 5.76. The first-order valence-corrected chi connectivity index (χ1v) is 6.36. The molecular weight excluding hydrogens is 204 g/mol. The minimum Gasteiger partial charge on any atom is -0.391 e. The largest absolute Gasteiger partial charge is 0.391 e. The fourth-order valence-corrected chi connectivity index (χ4v) is 2.33. The second-order valence-electron chi connectivity index (χ2n) is 4.60. The molecule has 3 N–H and O–H groups in total. The standard InChI is InChI=1S/C12H24N2O2/c1-2-10-8-11(15)9-14(10)12(16)6-4-3-5-7-13/h10-11,15H,2-9,13H2,1H3/t10-,11-/m1/s1. The molecule has 4 nitrogen and oxygen atoms in total. The fourth-order valence-electron chi connectivity index (χ4n) is 2.33. The predicted molar refractivity (Wildman–Crippen MR) is 63.9 cm³/mol. The molecular formula is C12H24N2O2. The van der Waals surface area contributed by atoms with Crippen LogP contribution in [0.3, 0.4) is 0 Å². The highest BCUT2D eigenvalue weighted by Crippen LogP contribution is 2.21. The number of β-amino-alcohol motifs (C(OH)–C–C–N with tert-alkyl or cyclic N) is 1. The van der Waals surface area contributed by atoms with Crippen LogP contribution in [0.2, 0.25) is 0 Å². The second-order valence-corrected chi connectivity index (χ2v) is 4.60. The molecule has 0 unspecified atom stereocenters. The molecule has 94 valence electrons. The molecule has 0 aromatic carbocycles. The van der Waals surface area contributed by atoms with Crippen molar-refractivity contribution in [3.05, 3.63) is 0 Å². The minimum atomic E-state index is -0.321. The van der Waals surface area contributed by atoms with Crippen molar-refractivity contribution < 1.29 is 9.90 Å². The second kappa shape index (κ2) is 6.86. The van der Waals surface area contributed by atoms with Gasteiger partial charge in [-0.1, -0.05) is 13.3 Å². The molecule has 0 aromatic heterocycles. The minimum absolute atomic E-state index is 0.195. The first kappa shape index (κ1) is 13.5. The third kappa shape index (κ3) is 3.76. The molecule has 1 saturated heterocycles. The van der Waals surface area contributed by atoms with Gasteiger partial charge in [-0.2, -0.15) is 0 Å². The number of likely N-dealkylation sites (tertiary alicyclic amines) is 1. The van der Waals surface area contributed by atoms with Crippen molar-refractivity contribution in [3.8, 4) is 0 Å². The number of hydrogen-bond donors (Lipinski definition) is 2. The summed E-state index contributed by atoms with van der Waals surface area (Å²) in [6, 6.07) is 0.247. The average Bonchev–Trinajstić information content (AvgIpc) is 2.65. The number of hydrogen-bond acceptors (Lipinski definition) is 3. The van der Waals surface area contributed by atoms with Crippen LogP contribution in [0.5, 0.6) is 0 Å². The van der Waals surface area contributed by atoms with E-state index in [1.165, 1.54) is 0 Å². The maximum Gasteiger partial charge on any atom is 0.222 e. The first-order valence-electron chi connectivity index (χ1n) is 6.36. The maximum atomic E-state index is 11.9. The van der Waals surface area contributed by atoms with Gasteiger partial charge in [0, 0.05) is 19.0 Å². The lowest BCUT2D eigenvalue weighted by atomic mass is 10.1. The summed E-state index contributed by atoms with van der Waals surface area (Å²) in [6.07, 6.45) is 4.89. The Morgan fingerprint density at radius 3 is 2.81 bits per heavy atom. The molecule has 16 heavy (non-hydrogen) atoms. The molecule has 0 radical (unpaired) electrons. The summed E-state index contributed by atoms with van der Waals surface area (Å²) in [6.45, 7) is 3.29. The quantitative estimate of drug-likeness (QED) is 0.663. The van der Waals surface area contributed by atoms with Gasteiger partial charge in [-0.05, 0) is 32.2 Å². The molecule has 1 aliphatic heterocycles. The summed E-state index contributed by atoms with van der Waals surface area (Å²) in [5.41, 5.74) is 5.40. The molecule has 2 atom stereocenters. The molecule has 0 aromatic rings. The van der Waals surface area contributed by atoms with Crippen LogP contribution in [0.1, 0.15) is 45.4 Å². The maximum absolute atomic E-state index is 11.9. The van der Waals surface area contributed by atoms with Gasteiger partial charge in [0.15, 0.2) is 0 Å². The van der Waals surface area contributed by atoms with Crippen molar-refractivity contribution in [1.82, 2.24) is 4.90 Å². The molecule has 4 heteroatoms. The number of aliphatic hydroxyl groups excluding tert-OH is 1. The van der Waals surface area contributed by atoms with E-state index in [-0.39, 0.29) is 18.1 Å². The van der Waals surface area contributed by atoms with Gasteiger partial charge in [-0.3, -0.25) is 4.79 Å². The van der Waals surface area contributed by atoms with Gasteiger partial charge in [-0.15, -0.1) is 0 Å². The zero-order valence-electron chi connectivity index (χ0n) is 10.2. The first-order chi connectivity index (χ1) is 7.69. The average molecular weight is 228 g/mol. The topological polar surface area (TPSA) is 66.6 Å². The number of nitrogens with zero attached hydrogens (tertiary/aromatic N) is 1. The van der Waals surface area contributed by atoms with Gasteiger partial charge in [0.2, 0.25) is 5.91 Å². The normalized spacial score (nSPS) is 25.1. The van der Waals surface area contributed by atoms with Crippen molar-refractivity contribution in [2.45, 2.75) is 57.6 Å². The number of carbonyl (C=O) groups excluding carboxylic acids is 1. The van der Waals surface area contributed by atoms with Crippen LogP contribution < -0.4 is 5.73 Å². The van der Waals surface area contributed by atoms with E-state index < -0.39 is 0 Å². The van der Waals surface area contributed by atoms with Gasteiger partial charge in [0.25, 0.3) is 0 Å². The van der Waals surface area contributed by atoms with Crippen molar-refractivity contribution >= 4 is 5.91 Å². The van der Waals surface area contributed by atoms with Crippen molar-refractivity contribution in [2.75, 3.05) is 13.1 Å². The zero-order chi connectivity index (χ0) is 12.0. The third-order valence-corrected chi connectivity index (χ3v) is 3.28. The Hall–Kier alpha value is -0.610. The van der Waals surface area contributed by atoms with Crippen molar-refractivity contribution in [2.24, 2.45) is 5.73 Å². The number of nitrogens with two attached hydrogens (primary N) is 1. The van der Waals surface area contributed by atoms with Gasteiger partial charge in [0.05, 0.1) is 6.10 Å². The number of amides is 1. The van der Waals surface area contributed by atoms with E-state index in [0.29, 0.717) is 19.5 Å². The molecule has 1 fully saturated rings. The lowest BCUT2D eigenvalue weighted by Gasteiger charge is -2.23. The molecule has 0 saturated carbocycles. The van der Waals surface area contributed by atoms with Gasteiger partial charge < -0.3 is 15.7 Å². The SMILES string of the molecule is CC[C@@H]1C[C@@H](O)CN1C(=O)CCCCCN. The van der Waals surface area contributed by atoms with E-state index in [4.69, 9.17) is 5.73 Å². The molecule has 1 heterocycles.